The molecule has 1 aliphatic heterocycles. The molecule has 1 N–H and O–H groups in total. The molecular formula is C12H20N4O2. The predicted molar refractivity (Wildman–Crippen MR) is 66.3 cm³/mol. The Hall–Kier alpha value is -1.14. The van der Waals surface area contributed by atoms with Crippen LogP contribution in [0.3, 0.4) is 0 Å². The highest BCUT2D eigenvalue weighted by molar-refractivity contribution is 4.95. The van der Waals surface area contributed by atoms with Gasteiger partial charge in [0.15, 0.2) is 0 Å². The van der Waals surface area contributed by atoms with Crippen LogP contribution in [-0.2, 0) is 17.8 Å². The monoisotopic (exact) mass is 252 g/mol. The smallest absolute Gasteiger partial charge is 0.343 e. The van der Waals surface area contributed by atoms with E-state index >= 15 is 0 Å². The van der Waals surface area contributed by atoms with Gasteiger partial charge in [-0.3, -0.25) is 9.47 Å². The van der Waals surface area contributed by atoms with Crippen molar-refractivity contribution in [1.29, 1.82) is 0 Å². The van der Waals surface area contributed by atoms with Crippen molar-refractivity contribution in [3.05, 3.63) is 16.3 Å². The van der Waals surface area contributed by atoms with Crippen LogP contribution in [0.2, 0.25) is 0 Å². The fraction of sp³-hybridized carbons (Fsp3) is 0.833. The maximum absolute atomic E-state index is 11.4. The molecule has 100 valence electrons. The Morgan fingerprint density at radius 2 is 2.17 bits per heavy atom. The highest BCUT2D eigenvalue weighted by atomic mass is 16.5. The molecule has 0 aromatic carbocycles. The van der Waals surface area contributed by atoms with E-state index in [1.54, 1.807) is 4.57 Å². The summed E-state index contributed by atoms with van der Waals surface area (Å²) in [5.41, 5.74) is -0.0642. The molecule has 2 heterocycles. The van der Waals surface area contributed by atoms with Gasteiger partial charge < -0.3 is 4.74 Å². The number of rotatable bonds is 3. The third-order valence-corrected chi connectivity index (χ3v) is 4.30. The number of fused-ring (bicyclic) bond motifs is 1. The Bertz CT molecular complexity index is 473. The number of H-pyrrole nitrogens is 1. The molecule has 0 amide bonds. The third-order valence-electron chi connectivity index (χ3n) is 4.30. The van der Waals surface area contributed by atoms with Crippen molar-refractivity contribution in [2.45, 2.75) is 44.4 Å². The van der Waals surface area contributed by atoms with Gasteiger partial charge in [0, 0.05) is 26.7 Å². The Morgan fingerprint density at radius 3 is 2.89 bits per heavy atom. The zero-order valence-corrected chi connectivity index (χ0v) is 10.8. The molecule has 0 unspecified atom stereocenters. The van der Waals surface area contributed by atoms with E-state index in [1.165, 1.54) is 12.8 Å². The summed E-state index contributed by atoms with van der Waals surface area (Å²) in [6, 6.07) is 0. The van der Waals surface area contributed by atoms with Crippen LogP contribution in [0, 0.1) is 0 Å². The van der Waals surface area contributed by atoms with Gasteiger partial charge in [-0.25, -0.2) is 9.89 Å². The lowest BCUT2D eigenvalue weighted by Crippen LogP contribution is -2.46. The molecule has 6 heteroatoms. The van der Waals surface area contributed by atoms with E-state index in [0.717, 1.165) is 44.8 Å². The second kappa shape index (κ2) is 4.51. The van der Waals surface area contributed by atoms with Crippen LogP contribution >= 0.6 is 0 Å². The number of nitrogens with zero attached hydrogens (tertiary/aromatic N) is 3. The number of methoxy groups -OCH3 is 1. The Kier molecular flexibility index (Phi) is 2.99. The van der Waals surface area contributed by atoms with E-state index in [1.807, 2.05) is 7.11 Å². The van der Waals surface area contributed by atoms with E-state index in [2.05, 4.69) is 15.1 Å². The van der Waals surface area contributed by atoms with Gasteiger partial charge in [-0.2, -0.15) is 5.10 Å². The molecule has 2 aliphatic rings. The fourth-order valence-electron chi connectivity index (χ4n) is 3.21. The summed E-state index contributed by atoms with van der Waals surface area (Å²) in [5.74, 6) is 0.843. The van der Waals surface area contributed by atoms with Crippen LogP contribution < -0.4 is 5.69 Å². The first-order valence-electron chi connectivity index (χ1n) is 6.64. The van der Waals surface area contributed by atoms with E-state index in [0.29, 0.717) is 0 Å². The van der Waals surface area contributed by atoms with Gasteiger partial charge in [-0.1, -0.05) is 12.8 Å². The van der Waals surface area contributed by atoms with Crippen molar-refractivity contribution in [1.82, 2.24) is 19.7 Å². The quantitative estimate of drug-likeness (QED) is 0.843. The van der Waals surface area contributed by atoms with Crippen LogP contribution in [0.25, 0.3) is 0 Å². The first kappa shape index (κ1) is 11.9. The summed E-state index contributed by atoms with van der Waals surface area (Å²) in [5, 5.41) is 6.59. The van der Waals surface area contributed by atoms with Gasteiger partial charge in [-0.05, 0) is 12.8 Å². The summed E-state index contributed by atoms with van der Waals surface area (Å²) in [7, 11) is 1.82. The molecule has 0 radical (unpaired) electrons. The van der Waals surface area contributed by atoms with Gasteiger partial charge in [0.2, 0.25) is 0 Å². The zero-order chi connectivity index (χ0) is 12.6. The lowest BCUT2D eigenvalue weighted by molar-refractivity contribution is -0.0367. The molecule has 0 bridgehead atoms. The van der Waals surface area contributed by atoms with Gasteiger partial charge in [0.05, 0.1) is 12.1 Å². The molecule has 0 spiro atoms. The number of ether oxygens (including phenoxy) is 1. The Balaban J connectivity index is 1.71. The second-order valence-corrected chi connectivity index (χ2v) is 5.40. The van der Waals surface area contributed by atoms with Crippen molar-refractivity contribution < 1.29 is 4.74 Å². The van der Waals surface area contributed by atoms with Crippen LogP contribution in [0.4, 0.5) is 0 Å². The summed E-state index contributed by atoms with van der Waals surface area (Å²) in [6.07, 6.45) is 4.81. The lowest BCUT2D eigenvalue weighted by Gasteiger charge is -2.35. The minimum absolute atomic E-state index is 0.0266. The zero-order valence-electron chi connectivity index (χ0n) is 10.8. The summed E-state index contributed by atoms with van der Waals surface area (Å²) in [6.45, 7) is 3.32. The number of aromatic amines is 1. The molecule has 18 heavy (non-hydrogen) atoms. The Morgan fingerprint density at radius 1 is 1.39 bits per heavy atom. The van der Waals surface area contributed by atoms with Gasteiger partial charge in [0.25, 0.3) is 0 Å². The minimum Gasteiger partial charge on any atom is -0.377 e. The number of hydrogen-bond acceptors (Lipinski definition) is 4. The molecular weight excluding hydrogens is 232 g/mol. The van der Waals surface area contributed by atoms with Gasteiger partial charge in [-0.15, -0.1) is 0 Å². The minimum atomic E-state index is -0.0908. The summed E-state index contributed by atoms with van der Waals surface area (Å²) >= 11 is 0. The fourth-order valence-corrected chi connectivity index (χ4v) is 3.21. The van der Waals surface area contributed by atoms with Crippen molar-refractivity contribution in [2.75, 3.05) is 20.2 Å². The first-order valence-corrected chi connectivity index (χ1v) is 6.64. The largest absolute Gasteiger partial charge is 0.377 e. The molecule has 1 saturated carbocycles. The predicted octanol–water partition coefficient (Wildman–Crippen LogP) is 0.346. The molecule has 1 aliphatic carbocycles. The average molecular weight is 252 g/mol. The van der Waals surface area contributed by atoms with Crippen molar-refractivity contribution >= 4 is 0 Å². The molecule has 1 aromatic rings. The Labute approximate surface area is 106 Å². The van der Waals surface area contributed by atoms with E-state index in [-0.39, 0.29) is 11.3 Å². The number of hydrogen-bond donors (Lipinski definition) is 1. The molecule has 3 rings (SSSR count). The first-order chi connectivity index (χ1) is 8.72. The second-order valence-electron chi connectivity index (χ2n) is 5.40. The highest BCUT2D eigenvalue weighted by Crippen LogP contribution is 2.33. The molecule has 0 saturated heterocycles. The van der Waals surface area contributed by atoms with Crippen molar-refractivity contribution in [3.63, 3.8) is 0 Å². The summed E-state index contributed by atoms with van der Waals surface area (Å²) in [4.78, 5) is 13.8. The maximum atomic E-state index is 11.4. The molecule has 1 fully saturated rings. The van der Waals surface area contributed by atoms with Gasteiger partial charge in [0.1, 0.15) is 5.82 Å². The van der Waals surface area contributed by atoms with Crippen molar-refractivity contribution in [3.8, 4) is 0 Å². The standard InChI is InChI=1S/C12H20N4O2/c1-18-12(4-2-3-5-12)9-15-6-7-16-10(8-15)13-14-11(16)17/h2-9H2,1H3,(H,14,17). The van der Waals surface area contributed by atoms with E-state index in [9.17, 15) is 4.79 Å². The normalized spacial score (nSPS) is 23.2. The topological polar surface area (TPSA) is 63.1 Å². The third kappa shape index (κ3) is 1.99. The molecule has 6 nitrogen and oxygen atoms in total. The van der Waals surface area contributed by atoms with Crippen LogP contribution in [0.1, 0.15) is 31.5 Å². The van der Waals surface area contributed by atoms with Gasteiger partial charge >= 0.3 is 5.69 Å². The van der Waals surface area contributed by atoms with Crippen LogP contribution in [-0.4, -0.2) is 45.5 Å². The van der Waals surface area contributed by atoms with Crippen LogP contribution in [0.5, 0.6) is 0 Å². The molecule has 1 aromatic heterocycles. The number of aromatic nitrogens is 3. The average Bonchev–Trinajstić information content (AvgIpc) is 2.98. The highest BCUT2D eigenvalue weighted by Gasteiger charge is 2.36. The number of nitrogens with one attached hydrogen (secondary N) is 1. The van der Waals surface area contributed by atoms with Crippen molar-refractivity contribution in [2.24, 2.45) is 0 Å². The van der Waals surface area contributed by atoms with E-state index in [4.69, 9.17) is 4.74 Å². The van der Waals surface area contributed by atoms with E-state index < -0.39 is 0 Å². The molecule has 0 atom stereocenters. The lowest BCUT2D eigenvalue weighted by atomic mass is 10.0. The summed E-state index contributed by atoms with van der Waals surface area (Å²) < 4.78 is 7.48. The maximum Gasteiger partial charge on any atom is 0.343 e. The van der Waals surface area contributed by atoms with Crippen LogP contribution in [0.15, 0.2) is 4.79 Å². The SMILES string of the molecule is COC1(CN2CCn3c(n[nH]c3=O)C2)CCCC1.